The lowest BCUT2D eigenvalue weighted by Gasteiger charge is -2.11. The summed E-state index contributed by atoms with van der Waals surface area (Å²) in [4.78, 5) is 15.4. The van der Waals surface area contributed by atoms with Gasteiger partial charge in [-0.1, -0.05) is 12.8 Å². The zero-order valence-electron chi connectivity index (χ0n) is 11.0. The Morgan fingerprint density at radius 1 is 1.37 bits per heavy atom. The van der Waals surface area contributed by atoms with Crippen LogP contribution < -0.4 is 10.1 Å². The average molecular weight is 258 g/mol. The number of H-pyrrole nitrogens is 1. The van der Waals surface area contributed by atoms with Crippen molar-refractivity contribution in [1.82, 2.24) is 10.3 Å². The molecule has 1 aromatic carbocycles. The van der Waals surface area contributed by atoms with E-state index in [0.717, 1.165) is 29.5 Å². The maximum absolute atomic E-state index is 12.3. The van der Waals surface area contributed by atoms with E-state index in [0.29, 0.717) is 11.6 Å². The first-order chi connectivity index (χ1) is 9.28. The number of carbonyl (C=O) groups is 1. The van der Waals surface area contributed by atoms with Gasteiger partial charge in [0.05, 0.1) is 12.7 Å². The molecule has 2 aromatic rings. The molecule has 3 rings (SSSR count). The van der Waals surface area contributed by atoms with E-state index in [4.69, 9.17) is 4.74 Å². The van der Waals surface area contributed by atoms with Gasteiger partial charge in [0.25, 0.3) is 5.91 Å². The first-order valence-electron chi connectivity index (χ1n) is 6.74. The molecule has 19 heavy (non-hydrogen) atoms. The molecule has 0 bridgehead atoms. The van der Waals surface area contributed by atoms with Crippen molar-refractivity contribution in [3.8, 4) is 5.75 Å². The maximum Gasteiger partial charge on any atom is 0.253 e. The Kier molecular flexibility index (Phi) is 3.15. The highest BCUT2D eigenvalue weighted by Gasteiger charge is 2.19. The number of hydrogen-bond acceptors (Lipinski definition) is 2. The molecule has 1 aliphatic rings. The van der Waals surface area contributed by atoms with Crippen molar-refractivity contribution >= 4 is 16.8 Å². The monoisotopic (exact) mass is 258 g/mol. The number of ether oxygens (including phenoxy) is 1. The first-order valence-corrected chi connectivity index (χ1v) is 6.74. The van der Waals surface area contributed by atoms with Gasteiger partial charge in [-0.15, -0.1) is 0 Å². The Hall–Kier alpha value is -1.97. The van der Waals surface area contributed by atoms with Crippen molar-refractivity contribution in [3.05, 3.63) is 30.0 Å². The standard InChI is InChI=1S/C15H18N2O2/c1-19-11-6-7-14-12(8-11)13(9-16-14)15(18)17-10-4-2-3-5-10/h6-10,16H,2-5H2,1H3,(H,17,18). The van der Waals surface area contributed by atoms with Crippen LogP contribution >= 0.6 is 0 Å². The molecule has 1 saturated carbocycles. The van der Waals surface area contributed by atoms with Gasteiger partial charge in [0.2, 0.25) is 0 Å². The Morgan fingerprint density at radius 3 is 2.89 bits per heavy atom. The lowest BCUT2D eigenvalue weighted by Crippen LogP contribution is -2.32. The van der Waals surface area contributed by atoms with Crippen LogP contribution in [0.4, 0.5) is 0 Å². The van der Waals surface area contributed by atoms with E-state index in [-0.39, 0.29) is 5.91 Å². The number of methoxy groups -OCH3 is 1. The molecule has 1 aromatic heterocycles. The molecule has 0 atom stereocenters. The van der Waals surface area contributed by atoms with Crippen molar-refractivity contribution < 1.29 is 9.53 Å². The van der Waals surface area contributed by atoms with E-state index in [1.54, 1.807) is 13.3 Å². The van der Waals surface area contributed by atoms with E-state index in [1.165, 1.54) is 12.8 Å². The van der Waals surface area contributed by atoms with Gasteiger partial charge in [0.15, 0.2) is 0 Å². The van der Waals surface area contributed by atoms with Crippen LogP contribution in [0.2, 0.25) is 0 Å². The molecule has 100 valence electrons. The van der Waals surface area contributed by atoms with Gasteiger partial charge < -0.3 is 15.0 Å². The summed E-state index contributed by atoms with van der Waals surface area (Å²) in [5, 5.41) is 4.02. The predicted molar refractivity (Wildman–Crippen MR) is 74.6 cm³/mol. The highest BCUT2D eigenvalue weighted by Crippen LogP contribution is 2.24. The second-order valence-corrected chi connectivity index (χ2v) is 5.07. The quantitative estimate of drug-likeness (QED) is 0.889. The molecule has 1 aliphatic carbocycles. The van der Waals surface area contributed by atoms with Crippen molar-refractivity contribution in [2.45, 2.75) is 31.7 Å². The smallest absolute Gasteiger partial charge is 0.253 e. The largest absolute Gasteiger partial charge is 0.497 e. The van der Waals surface area contributed by atoms with Crippen molar-refractivity contribution in [2.24, 2.45) is 0 Å². The van der Waals surface area contributed by atoms with Crippen LogP contribution in [0.5, 0.6) is 5.75 Å². The van der Waals surface area contributed by atoms with Gasteiger partial charge in [0.1, 0.15) is 5.75 Å². The molecule has 0 saturated heterocycles. The molecule has 1 fully saturated rings. The summed E-state index contributed by atoms with van der Waals surface area (Å²) in [6.45, 7) is 0. The molecule has 2 N–H and O–H groups in total. The molecule has 0 spiro atoms. The fraction of sp³-hybridized carbons (Fsp3) is 0.400. The van der Waals surface area contributed by atoms with E-state index in [2.05, 4.69) is 10.3 Å². The third kappa shape index (κ3) is 2.30. The molecule has 1 amide bonds. The third-order valence-electron chi connectivity index (χ3n) is 3.82. The predicted octanol–water partition coefficient (Wildman–Crippen LogP) is 2.85. The van der Waals surface area contributed by atoms with Crippen LogP contribution in [-0.2, 0) is 0 Å². The summed E-state index contributed by atoms with van der Waals surface area (Å²) >= 11 is 0. The minimum Gasteiger partial charge on any atom is -0.497 e. The van der Waals surface area contributed by atoms with Gasteiger partial charge in [-0.25, -0.2) is 0 Å². The molecule has 1 heterocycles. The Labute approximate surface area is 112 Å². The number of carbonyl (C=O) groups excluding carboxylic acids is 1. The van der Waals surface area contributed by atoms with Crippen LogP contribution in [-0.4, -0.2) is 24.0 Å². The van der Waals surface area contributed by atoms with Crippen LogP contribution in [0, 0.1) is 0 Å². The number of nitrogens with one attached hydrogen (secondary N) is 2. The van der Waals surface area contributed by atoms with E-state index in [1.807, 2.05) is 18.2 Å². The lowest BCUT2D eigenvalue weighted by molar-refractivity contribution is 0.0939. The summed E-state index contributed by atoms with van der Waals surface area (Å²) in [7, 11) is 1.63. The van der Waals surface area contributed by atoms with Crippen molar-refractivity contribution in [2.75, 3.05) is 7.11 Å². The lowest BCUT2D eigenvalue weighted by atomic mass is 10.1. The highest BCUT2D eigenvalue weighted by molar-refractivity contribution is 6.07. The fourth-order valence-corrected chi connectivity index (χ4v) is 2.75. The zero-order valence-corrected chi connectivity index (χ0v) is 11.0. The van der Waals surface area contributed by atoms with Crippen molar-refractivity contribution in [3.63, 3.8) is 0 Å². The summed E-state index contributed by atoms with van der Waals surface area (Å²) in [6, 6.07) is 6.05. The highest BCUT2D eigenvalue weighted by atomic mass is 16.5. The van der Waals surface area contributed by atoms with Gasteiger partial charge in [-0.2, -0.15) is 0 Å². The Bertz CT molecular complexity index is 597. The molecule has 4 heteroatoms. The van der Waals surface area contributed by atoms with E-state index < -0.39 is 0 Å². The summed E-state index contributed by atoms with van der Waals surface area (Å²) in [5.74, 6) is 0.772. The van der Waals surface area contributed by atoms with Crippen molar-refractivity contribution in [1.29, 1.82) is 0 Å². The van der Waals surface area contributed by atoms with Crippen LogP contribution in [0.25, 0.3) is 10.9 Å². The molecular weight excluding hydrogens is 240 g/mol. The minimum absolute atomic E-state index is 0.00593. The van der Waals surface area contributed by atoms with E-state index >= 15 is 0 Å². The number of rotatable bonds is 3. The first kappa shape index (κ1) is 12.1. The molecule has 4 nitrogen and oxygen atoms in total. The number of aromatic amines is 1. The Balaban J connectivity index is 1.88. The number of hydrogen-bond donors (Lipinski definition) is 2. The van der Waals surface area contributed by atoms with Crippen LogP contribution in [0.1, 0.15) is 36.0 Å². The molecule has 0 aliphatic heterocycles. The van der Waals surface area contributed by atoms with Crippen LogP contribution in [0.3, 0.4) is 0 Å². The molecule has 0 radical (unpaired) electrons. The molecular formula is C15H18N2O2. The third-order valence-corrected chi connectivity index (χ3v) is 3.82. The average Bonchev–Trinajstić information content (AvgIpc) is 3.06. The summed E-state index contributed by atoms with van der Waals surface area (Å²) in [6.07, 6.45) is 6.39. The Morgan fingerprint density at radius 2 is 2.16 bits per heavy atom. The van der Waals surface area contributed by atoms with Crippen LogP contribution in [0.15, 0.2) is 24.4 Å². The van der Waals surface area contributed by atoms with Gasteiger partial charge >= 0.3 is 0 Å². The zero-order chi connectivity index (χ0) is 13.2. The number of fused-ring (bicyclic) bond motifs is 1. The normalized spacial score (nSPS) is 15.8. The summed E-state index contributed by atoms with van der Waals surface area (Å²) in [5.41, 5.74) is 1.65. The number of benzene rings is 1. The second kappa shape index (κ2) is 4.96. The topological polar surface area (TPSA) is 54.1 Å². The molecule has 0 unspecified atom stereocenters. The number of aromatic nitrogens is 1. The maximum atomic E-state index is 12.3. The second-order valence-electron chi connectivity index (χ2n) is 5.07. The number of amides is 1. The SMILES string of the molecule is COc1ccc2[nH]cc(C(=O)NC3CCCC3)c2c1. The fourth-order valence-electron chi connectivity index (χ4n) is 2.75. The van der Waals surface area contributed by atoms with Gasteiger partial charge in [0, 0.05) is 23.1 Å². The summed E-state index contributed by atoms with van der Waals surface area (Å²) < 4.78 is 5.21. The minimum atomic E-state index is 0.00593. The van der Waals surface area contributed by atoms with Gasteiger partial charge in [-0.05, 0) is 31.0 Å². The van der Waals surface area contributed by atoms with E-state index in [9.17, 15) is 4.79 Å². The van der Waals surface area contributed by atoms with Gasteiger partial charge in [-0.3, -0.25) is 4.79 Å².